The highest BCUT2D eigenvalue weighted by Gasteiger charge is 2.32. The Kier molecular flexibility index (Phi) is 4.92. The van der Waals surface area contributed by atoms with E-state index < -0.39 is 9.84 Å². The zero-order valence-electron chi connectivity index (χ0n) is 15.0. The normalized spacial score (nSPS) is 27.1. The fourth-order valence-electron chi connectivity index (χ4n) is 4.42. The Morgan fingerprint density at radius 2 is 1.81 bits per heavy atom. The lowest BCUT2D eigenvalue weighted by atomic mass is 10.2. The van der Waals surface area contributed by atoms with Crippen molar-refractivity contribution in [3.63, 3.8) is 0 Å². The van der Waals surface area contributed by atoms with E-state index in [4.69, 9.17) is 0 Å². The Morgan fingerprint density at radius 3 is 2.46 bits per heavy atom. The number of piperazine rings is 1. The van der Waals surface area contributed by atoms with Crippen LogP contribution in [-0.4, -0.2) is 77.8 Å². The summed E-state index contributed by atoms with van der Waals surface area (Å²) in [5.74, 6) is 0.862. The first-order valence-corrected chi connectivity index (χ1v) is 11.4. The van der Waals surface area contributed by atoms with Gasteiger partial charge in [0.2, 0.25) is 0 Å². The third-order valence-corrected chi connectivity index (χ3v) is 7.65. The summed E-state index contributed by atoms with van der Waals surface area (Å²) >= 11 is 0. The van der Waals surface area contributed by atoms with Gasteiger partial charge < -0.3 is 4.90 Å². The summed E-state index contributed by atoms with van der Waals surface area (Å²) in [4.78, 5) is 17.0. The summed E-state index contributed by atoms with van der Waals surface area (Å²) in [6, 6.07) is 2.12. The fourth-order valence-corrected chi connectivity index (χ4v) is 6.11. The second kappa shape index (κ2) is 7.19. The number of hydrogen-bond acceptors (Lipinski definition) is 5. The predicted octanol–water partition coefficient (Wildman–Crippen LogP) is 1.33. The number of nitrogens with zero attached hydrogens (tertiary/aromatic N) is 4. The Labute approximate surface area is 154 Å². The highest BCUT2D eigenvalue weighted by atomic mass is 32.2. The first-order chi connectivity index (χ1) is 12.5. The van der Waals surface area contributed by atoms with Crippen molar-refractivity contribution < 1.29 is 13.2 Å². The SMILES string of the molecule is O=C(Nc1ccnn1C1CCS(=O)(=O)C1)N1CCN(C2CCCC2)CC1. The van der Waals surface area contributed by atoms with Gasteiger partial charge in [-0.1, -0.05) is 12.8 Å². The molecule has 1 aliphatic carbocycles. The van der Waals surface area contributed by atoms with Crippen molar-refractivity contribution >= 4 is 21.7 Å². The van der Waals surface area contributed by atoms with Crippen LogP contribution in [0.2, 0.25) is 0 Å². The number of carbonyl (C=O) groups is 1. The second-order valence-electron chi connectivity index (χ2n) is 7.61. The first-order valence-electron chi connectivity index (χ1n) is 9.56. The van der Waals surface area contributed by atoms with Crippen LogP contribution in [0.1, 0.15) is 38.1 Å². The third-order valence-electron chi connectivity index (χ3n) is 5.90. The Bertz CT molecular complexity index is 748. The fraction of sp³-hybridized carbons (Fsp3) is 0.765. The topological polar surface area (TPSA) is 87.5 Å². The highest BCUT2D eigenvalue weighted by molar-refractivity contribution is 7.91. The molecule has 2 amide bonds. The van der Waals surface area contributed by atoms with Crippen LogP contribution in [0.3, 0.4) is 0 Å². The standard InChI is InChI=1S/C17H27N5O3S/c23-17(21-10-8-20(9-11-21)14-3-1-2-4-14)19-16-5-7-18-22(16)15-6-12-26(24,25)13-15/h5,7,14-15H,1-4,6,8-13H2,(H,19,23). The molecule has 0 radical (unpaired) electrons. The lowest BCUT2D eigenvalue weighted by Crippen LogP contribution is -2.52. The van der Waals surface area contributed by atoms with Crippen molar-refractivity contribution in [3.05, 3.63) is 12.3 Å². The Hall–Kier alpha value is -1.61. The smallest absolute Gasteiger partial charge is 0.322 e. The molecule has 2 saturated heterocycles. The lowest BCUT2D eigenvalue weighted by Gasteiger charge is -2.38. The Morgan fingerprint density at radius 1 is 1.08 bits per heavy atom. The first kappa shape index (κ1) is 17.8. The number of aromatic nitrogens is 2. The van der Waals surface area contributed by atoms with E-state index in [1.54, 1.807) is 16.9 Å². The molecule has 0 bridgehead atoms. The molecule has 4 rings (SSSR count). The van der Waals surface area contributed by atoms with Crippen LogP contribution in [0.15, 0.2) is 12.3 Å². The van der Waals surface area contributed by atoms with E-state index in [2.05, 4.69) is 15.3 Å². The molecule has 1 aromatic heterocycles. The van der Waals surface area contributed by atoms with Crippen LogP contribution < -0.4 is 5.32 Å². The van der Waals surface area contributed by atoms with Gasteiger partial charge in [0, 0.05) is 38.3 Å². The van der Waals surface area contributed by atoms with Crippen molar-refractivity contribution in [1.29, 1.82) is 0 Å². The molecule has 1 saturated carbocycles. The zero-order chi connectivity index (χ0) is 18.1. The molecule has 1 atom stereocenters. The van der Waals surface area contributed by atoms with E-state index >= 15 is 0 Å². The summed E-state index contributed by atoms with van der Waals surface area (Å²) in [5, 5.41) is 7.16. The maximum atomic E-state index is 12.6. The van der Waals surface area contributed by atoms with Gasteiger partial charge in [0.1, 0.15) is 5.82 Å². The number of amides is 2. The quantitative estimate of drug-likeness (QED) is 0.854. The van der Waals surface area contributed by atoms with Crippen LogP contribution >= 0.6 is 0 Å². The molecular formula is C17H27N5O3S. The van der Waals surface area contributed by atoms with Gasteiger partial charge in [-0.15, -0.1) is 0 Å². The van der Waals surface area contributed by atoms with Crippen LogP contribution in [0, 0.1) is 0 Å². The zero-order valence-corrected chi connectivity index (χ0v) is 15.8. The van der Waals surface area contributed by atoms with Crippen molar-refractivity contribution in [3.8, 4) is 0 Å². The maximum absolute atomic E-state index is 12.6. The number of carbonyl (C=O) groups excluding carboxylic acids is 1. The van der Waals surface area contributed by atoms with Gasteiger partial charge in [0.15, 0.2) is 9.84 Å². The van der Waals surface area contributed by atoms with Gasteiger partial charge >= 0.3 is 6.03 Å². The van der Waals surface area contributed by atoms with Gasteiger partial charge in [-0.3, -0.25) is 10.2 Å². The molecule has 1 N–H and O–H groups in total. The van der Waals surface area contributed by atoms with Crippen LogP contribution in [0.25, 0.3) is 0 Å². The summed E-state index contributed by atoms with van der Waals surface area (Å²) in [5.41, 5.74) is 0. The number of urea groups is 1. The largest absolute Gasteiger partial charge is 0.323 e. The molecule has 9 heteroatoms. The minimum Gasteiger partial charge on any atom is -0.322 e. The number of sulfone groups is 1. The molecule has 26 heavy (non-hydrogen) atoms. The predicted molar refractivity (Wildman–Crippen MR) is 99.0 cm³/mol. The van der Waals surface area contributed by atoms with Crippen molar-refractivity contribution in [1.82, 2.24) is 19.6 Å². The summed E-state index contributed by atoms with van der Waals surface area (Å²) in [6.07, 6.45) is 7.38. The Balaban J connectivity index is 1.34. The van der Waals surface area contributed by atoms with Crippen LogP contribution in [-0.2, 0) is 9.84 Å². The number of hydrogen-bond donors (Lipinski definition) is 1. The lowest BCUT2D eigenvalue weighted by molar-refractivity contribution is 0.115. The van der Waals surface area contributed by atoms with Gasteiger partial charge in [-0.25, -0.2) is 17.9 Å². The van der Waals surface area contributed by atoms with Crippen LogP contribution in [0.5, 0.6) is 0 Å². The summed E-state index contributed by atoms with van der Waals surface area (Å²) < 4.78 is 25.1. The molecule has 0 aromatic carbocycles. The number of rotatable bonds is 3. The molecule has 144 valence electrons. The van der Waals surface area contributed by atoms with Gasteiger partial charge in [-0.2, -0.15) is 5.10 Å². The van der Waals surface area contributed by atoms with Gasteiger partial charge in [0.05, 0.1) is 23.7 Å². The van der Waals surface area contributed by atoms with Gasteiger partial charge in [-0.05, 0) is 19.3 Å². The van der Waals surface area contributed by atoms with E-state index in [0.717, 1.165) is 26.2 Å². The molecule has 1 unspecified atom stereocenters. The van der Waals surface area contributed by atoms with E-state index in [-0.39, 0.29) is 23.6 Å². The van der Waals surface area contributed by atoms with Crippen molar-refractivity contribution in [2.45, 2.75) is 44.2 Å². The molecule has 3 heterocycles. The average Bonchev–Trinajstić information content (AvgIpc) is 3.36. The van der Waals surface area contributed by atoms with Crippen LogP contribution in [0.4, 0.5) is 10.6 Å². The minimum absolute atomic E-state index is 0.0949. The number of nitrogens with one attached hydrogen (secondary N) is 1. The van der Waals surface area contributed by atoms with Gasteiger partial charge in [0.25, 0.3) is 0 Å². The summed E-state index contributed by atoms with van der Waals surface area (Å²) in [7, 11) is -2.99. The molecule has 2 aliphatic heterocycles. The third kappa shape index (κ3) is 3.73. The summed E-state index contributed by atoms with van der Waals surface area (Å²) in [6.45, 7) is 3.32. The van der Waals surface area contributed by atoms with E-state index in [0.29, 0.717) is 18.3 Å². The minimum atomic E-state index is -2.99. The molecule has 0 spiro atoms. The number of anilines is 1. The molecular weight excluding hydrogens is 354 g/mol. The van der Waals surface area contributed by atoms with E-state index in [1.807, 2.05) is 4.90 Å². The second-order valence-corrected chi connectivity index (χ2v) is 9.84. The maximum Gasteiger partial charge on any atom is 0.323 e. The van der Waals surface area contributed by atoms with E-state index in [1.165, 1.54) is 25.7 Å². The van der Waals surface area contributed by atoms with Crippen molar-refractivity contribution in [2.24, 2.45) is 0 Å². The molecule has 1 aromatic rings. The van der Waals surface area contributed by atoms with E-state index in [9.17, 15) is 13.2 Å². The molecule has 3 fully saturated rings. The monoisotopic (exact) mass is 381 g/mol. The molecule has 3 aliphatic rings. The molecule has 8 nitrogen and oxygen atoms in total. The highest BCUT2D eigenvalue weighted by Crippen LogP contribution is 2.27. The van der Waals surface area contributed by atoms with Crippen molar-refractivity contribution in [2.75, 3.05) is 43.0 Å². The average molecular weight is 382 g/mol.